The van der Waals surface area contributed by atoms with Gasteiger partial charge in [-0.1, -0.05) is 48.5 Å². The molecule has 0 saturated carbocycles. The molecule has 0 radical (unpaired) electrons. The van der Waals surface area contributed by atoms with E-state index >= 15 is 0 Å². The van der Waals surface area contributed by atoms with Crippen LogP contribution < -0.4 is 18.9 Å². The van der Waals surface area contributed by atoms with Crippen LogP contribution in [0.4, 0.5) is 11.4 Å². The number of nitrogens with one attached hydrogen (secondary N) is 2. The van der Waals surface area contributed by atoms with Crippen molar-refractivity contribution in [2.45, 2.75) is 9.79 Å². The summed E-state index contributed by atoms with van der Waals surface area (Å²) in [4.78, 5) is 8.60. The molecule has 0 saturated heterocycles. The summed E-state index contributed by atoms with van der Waals surface area (Å²) < 4.78 is 69.8. The third-order valence-electron chi connectivity index (χ3n) is 7.00. The van der Waals surface area contributed by atoms with Crippen LogP contribution in [-0.2, 0) is 20.0 Å². The van der Waals surface area contributed by atoms with Gasteiger partial charge in [0.05, 0.1) is 36.6 Å². The highest BCUT2D eigenvalue weighted by Crippen LogP contribution is 2.37. The van der Waals surface area contributed by atoms with Crippen LogP contribution in [0, 0.1) is 0 Å². The van der Waals surface area contributed by atoms with Crippen LogP contribution >= 0.6 is 0 Å². The van der Waals surface area contributed by atoms with E-state index in [2.05, 4.69) is 19.4 Å². The molecular weight excluding hydrogens is 601 g/mol. The van der Waals surface area contributed by atoms with Gasteiger partial charge in [-0.15, -0.1) is 0 Å². The third-order valence-corrected chi connectivity index (χ3v) is 9.79. The maximum absolute atomic E-state index is 13.4. The fourth-order valence-electron chi connectivity index (χ4n) is 4.90. The minimum Gasteiger partial charge on any atom is -0.495 e. The molecule has 0 aliphatic heterocycles. The zero-order valence-corrected chi connectivity index (χ0v) is 25.2. The molecule has 0 aliphatic carbocycles. The summed E-state index contributed by atoms with van der Waals surface area (Å²) in [5.41, 5.74) is 2.56. The van der Waals surface area contributed by atoms with Crippen molar-refractivity contribution in [2.75, 3.05) is 23.7 Å². The number of sulfonamides is 2. The molecule has 0 unspecified atom stereocenters. The molecule has 0 atom stereocenters. The molecule has 2 aromatic heterocycles. The number of fused-ring (bicyclic) bond motifs is 2. The van der Waals surface area contributed by atoms with E-state index in [0.717, 1.165) is 0 Å². The van der Waals surface area contributed by atoms with Gasteiger partial charge in [0.25, 0.3) is 20.0 Å². The van der Waals surface area contributed by atoms with Gasteiger partial charge < -0.3 is 9.47 Å². The lowest BCUT2D eigenvalue weighted by Crippen LogP contribution is -2.14. The third kappa shape index (κ3) is 5.48. The number of methoxy groups -OCH3 is 2. The van der Waals surface area contributed by atoms with Gasteiger partial charge in [0.2, 0.25) is 0 Å². The van der Waals surface area contributed by atoms with Crippen molar-refractivity contribution < 1.29 is 26.3 Å². The van der Waals surface area contributed by atoms with Gasteiger partial charge in [-0.05, 0) is 59.7 Å². The predicted octanol–water partition coefficient (Wildman–Crippen LogP) is 6.07. The average molecular weight is 627 g/mol. The lowest BCUT2D eigenvalue weighted by molar-refractivity contribution is 0.416. The van der Waals surface area contributed by atoms with Crippen molar-refractivity contribution in [1.82, 2.24) is 9.97 Å². The summed E-state index contributed by atoms with van der Waals surface area (Å²) in [6, 6.07) is 27.0. The van der Waals surface area contributed by atoms with Gasteiger partial charge in [-0.3, -0.25) is 19.4 Å². The van der Waals surface area contributed by atoms with Gasteiger partial charge in [0.1, 0.15) is 21.3 Å². The number of hydrogen-bond acceptors (Lipinski definition) is 8. The first-order valence-electron chi connectivity index (χ1n) is 13.3. The van der Waals surface area contributed by atoms with E-state index in [9.17, 15) is 16.8 Å². The maximum atomic E-state index is 13.4. The highest BCUT2D eigenvalue weighted by molar-refractivity contribution is 7.93. The molecule has 4 aromatic carbocycles. The van der Waals surface area contributed by atoms with Crippen LogP contribution in [0.3, 0.4) is 0 Å². The molecule has 2 heterocycles. The molecule has 0 amide bonds. The second-order valence-electron chi connectivity index (χ2n) is 9.70. The van der Waals surface area contributed by atoms with Crippen molar-refractivity contribution in [2.24, 2.45) is 0 Å². The number of ether oxygens (including phenoxy) is 2. The van der Waals surface area contributed by atoms with E-state index in [1.807, 2.05) is 0 Å². The Morgan fingerprint density at radius 3 is 1.36 bits per heavy atom. The largest absolute Gasteiger partial charge is 0.495 e. The van der Waals surface area contributed by atoms with Crippen molar-refractivity contribution >= 4 is 53.2 Å². The Balaban J connectivity index is 1.30. The lowest BCUT2D eigenvalue weighted by atomic mass is 10.0. The zero-order chi connectivity index (χ0) is 30.9. The van der Waals surface area contributed by atoms with Gasteiger partial charge in [0, 0.05) is 23.2 Å². The van der Waals surface area contributed by atoms with Crippen molar-refractivity contribution in [3.8, 4) is 22.6 Å². The molecule has 2 N–H and O–H groups in total. The van der Waals surface area contributed by atoms with Gasteiger partial charge in [-0.2, -0.15) is 0 Å². The Kier molecular flexibility index (Phi) is 7.53. The topological polar surface area (TPSA) is 137 Å². The predicted molar refractivity (Wildman–Crippen MR) is 170 cm³/mol. The lowest BCUT2D eigenvalue weighted by Gasteiger charge is -2.16. The van der Waals surface area contributed by atoms with Crippen LogP contribution in [0.25, 0.3) is 32.9 Å². The molecule has 12 heteroatoms. The Hall–Kier alpha value is -5.20. The molecule has 222 valence electrons. The molecule has 0 aliphatic rings. The Morgan fingerprint density at radius 1 is 0.545 bits per heavy atom. The second-order valence-corrected chi connectivity index (χ2v) is 13.0. The maximum Gasteiger partial charge on any atom is 0.264 e. The van der Waals surface area contributed by atoms with Crippen LogP contribution in [0.15, 0.2) is 119 Å². The van der Waals surface area contributed by atoms with Crippen molar-refractivity contribution in [3.63, 3.8) is 0 Å². The first kappa shape index (κ1) is 28.9. The normalized spacial score (nSPS) is 11.8. The summed E-state index contributed by atoms with van der Waals surface area (Å²) in [6.45, 7) is 0. The van der Waals surface area contributed by atoms with Gasteiger partial charge in [0.15, 0.2) is 0 Å². The van der Waals surface area contributed by atoms with Crippen LogP contribution in [-0.4, -0.2) is 41.0 Å². The van der Waals surface area contributed by atoms with Crippen LogP contribution in [0.1, 0.15) is 0 Å². The van der Waals surface area contributed by atoms with E-state index in [-0.39, 0.29) is 32.7 Å². The quantitative estimate of drug-likeness (QED) is 0.197. The average Bonchev–Trinajstić information content (AvgIpc) is 3.04. The summed E-state index contributed by atoms with van der Waals surface area (Å²) in [6.07, 6.45) is 3.09. The fraction of sp³-hybridized carbons (Fsp3) is 0.0625. The first-order chi connectivity index (χ1) is 21.2. The molecule has 0 spiro atoms. The second kappa shape index (κ2) is 11.5. The summed E-state index contributed by atoms with van der Waals surface area (Å²) in [5, 5.41) is 1.40. The molecule has 6 aromatic rings. The standard InChI is InChI=1S/C32H26N4O6S2/c1-41-27-19-23(13-15-25(27)35-43(37,38)29-11-3-7-21-9-5-17-33-31(21)29)24-14-16-26(28(20-24)42-2)36-44(39,40)30-12-4-8-22-10-6-18-34-32(22)30/h3-20,35-36H,1-2H3. The SMILES string of the molecule is COc1cc(-c2ccc(NS(=O)(=O)c3cccc4cccnc34)c(OC)c2)ccc1NS(=O)(=O)c1cccc2cccnc12. The molecule has 0 bridgehead atoms. The molecular formula is C32H26N4O6S2. The van der Waals surface area contributed by atoms with E-state index in [0.29, 0.717) is 32.9 Å². The van der Waals surface area contributed by atoms with E-state index < -0.39 is 20.0 Å². The van der Waals surface area contributed by atoms with Crippen molar-refractivity contribution in [3.05, 3.63) is 109 Å². The van der Waals surface area contributed by atoms with E-state index in [4.69, 9.17) is 9.47 Å². The number of rotatable bonds is 9. The highest BCUT2D eigenvalue weighted by Gasteiger charge is 2.22. The first-order valence-corrected chi connectivity index (χ1v) is 16.3. The smallest absolute Gasteiger partial charge is 0.264 e. The Labute approximate surface area is 254 Å². The summed E-state index contributed by atoms with van der Waals surface area (Å²) >= 11 is 0. The minimum absolute atomic E-state index is 0.0452. The number of nitrogens with zero attached hydrogens (tertiary/aromatic N) is 2. The zero-order valence-electron chi connectivity index (χ0n) is 23.6. The minimum atomic E-state index is -4.00. The van der Waals surface area contributed by atoms with Crippen molar-refractivity contribution in [1.29, 1.82) is 0 Å². The number of benzene rings is 4. The molecule has 44 heavy (non-hydrogen) atoms. The monoisotopic (exact) mass is 626 g/mol. The van der Waals surface area contributed by atoms with Crippen LogP contribution in [0.5, 0.6) is 11.5 Å². The number of aromatic nitrogens is 2. The number of para-hydroxylation sites is 2. The van der Waals surface area contributed by atoms with Gasteiger partial charge >= 0.3 is 0 Å². The highest BCUT2D eigenvalue weighted by atomic mass is 32.2. The molecule has 6 rings (SSSR count). The van der Waals surface area contributed by atoms with Crippen LogP contribution in [0.2, 0.25) is 0 Å². The van der Waals surface area contributed by atoms with E-state index in [1.165, 1.54) is 26.4 Å². The van der Waals surface area contributed by atoms with E-state index in [1.54, 1.807) is 97.3 Å². The van der Waals surface area contributed by atoms with Gasteiger partial charge in [-0.25, -0.2) is 16.8 Å². The number of anilines is 2. The fourth-order valence-corrected chi connectivity index (χ4v) is 7.40. The molecule has 10 nitrogen and oxygen atoms in total. The number of hydrogen-bond donors (Lipinski definition) is 2. The summed E-state index contributed by atoms with van der Waals surface area (Å²) in [5.74, 6) is 0.568. The Morgan fingerprint density at radius 2 is 0.955 bits per heavy atom. The number of pyridine rings is 2. The Bertz CT molecular complexity index is 2090. The molecule has 0 fully saturated rings. The summed E-state index contributed by atoms with van der Waals surface area (Å²) in [7, 11) is -5.12.